The first-order valence-electron chi connectivity index (χ1n) is 18.0. The maximum Gasteiger partial charge on any atom is 0.436 e. The number of hydrogen-bond acceptors (Lipinski definition) is 3. The zero-order valence-corrected chi connectivity index (χ0v) is 34.4. The van der Waals surface area contributed by atoms with Crippen LogP contribution in [0.3, 0.4) is 0 Å². The van der Waals surface area contributed by atoms with Gasteiger partial charge in [0, 0.05) is 0 Å². The van der Waals surface area contributed by atoms with Crippen molar-refractivity contribution >= 4 is 12.4 Å². The van der Waals surface area contributed by atoms with E-state index in [0.29, 0.717) is 23.6 Å². The fourth-order valence-electron chi connectivity index (χ4n) is 6.32. The standard InChI is InChI=1S/C36H54N2O2.C4F9O.Co/c1-33(2,3)25-17-23(31(39)27(19-25)35(7,8)9)21-37-29-15-13-14-16-30(29)38-22-24-18-26(34(4,5)6)20-28(32(24)40)36(10,11)12;5-1(2(6,7)8,3(9,10)11)4(12,13)14;/h17-22,29-30,39-40H,13-16H2,1-12H3;;/q;-1;+2/t29-,30-;;/m1../s1. The third-order valence-electron chi connectivity index (χ3n) is 9.77. The summed E-state index contributed by atoms with van der Waals surface area (Å²) in [5.74, 6) is 0.778. The van der Waals surface area contributed by atoms with Gasteiger partial charge in [-0.25, -0.2) is 13.2 Å². The molecule has 0 bridgehead atoms. The first kappa shape index (κ1) is 46.6. The van der Waals surface area contributed by atoms with Crippen LogP contribution in [0.25, 0.3) is 0 Å². The monoisotopic (exact) mass is 840 g/mol. The van der Waals surface area contributed by atoms with Crippen molar-refractivity contribution in [2.24, 2.45) is 0 Å². The second kappa shape index (κ2) is 15.2. The van der Waals surface area contributed by atoms with E-state index in [0.717, 1.165) is 50.2 Å². The summed E-state index contributed by atoms with van der Waals surface area (Å²) in [7, 11) is 0. The maximum atomic E-state index is 12.0. The number of nitrogens with zero attached hydrogens (tertiary/aromatic N) is 2. The van der Waals surface area contributed by atoms with Crippen molar-refractivity contribution in [2.45, 2.75) is 167 Å². The number of aromatic hydroxyl groups is 2. The Balaban J connectivity index is 0.000000493. The molecular weight excluding hydrogens is 786 g/mol. The predicted octanol–water partition coefficient (Wildman–Crippen LogP) is 9.86. The molecule has 0 spiro atoms. The smallest absolute Gasteiger partial charge is 0.436 e. The molecule has 2 N–H and O–H groups in total. The summed E-state index contributed by atoms with van der Waals surface area (Å²) in [6.45, 7) is 26.4. The Bertz CT molecular complexity index is 1640. The molecule has 0 amide bonds. The topological polar surface area (TPSA) is 69.5 Å². The number of benzene rings is 2. The van der Waals surface area contributed by atoms with Crippen LogP contribution in [-0.2, 0) is 36.8 Å². The van der Waals surface area contributed by atoms with E-state index < -0.39 is 24.1 Å². The molecule has 0 aromatic heterocycles. The minimum atomic E-state index is -7.08. The molecular formula is C40H54CoF9N2O3+. The van der Waals surface area contributed by atoms with Crippen LogP contribution in [0.2, 0.25) is 0 Å². The number of phenolic OH excluding ortho intramolecular Hbond substituents is 2. The zero-order valence-electron chi connectivity index (χ0n) is 33.4. The first-order chi connectivity index (χ1) is 24.4. The number of phenols is 2. The number of hydrogen-bond donors (Lipinski definition) is 2. The fourth-order valence-corrected chi connectivity index (χ4v) is 7.95. The van der Waals surface area contributed by atoms with Crippen LogP contribution in [0.4, 0.5) is 39.5 Å². The molecule has 2 aromatic carbocycles. The van der Waals surface area contributed by atoms with Crippen molar-refractivity contribution in [1.82, 2.24) is 0 Å². The van der Waals surface area contributed by atoms with Crippen molar-refractivity contribution in [3.8, 4) is 11.5 Å². The third kappa shape index (κ3) is 10.0. The summed E-state index contributed by atoms with van der Waals surface area (Å²) in [5.41, 5.74) is -1.18. The van der Waals surface area contributed by atoms with Crippen molar-refractivity contribution in [3.63, 3.8) is 0 Å². The molecule has 2 fully saturated rings. The Morgan fingerprint density at radius 2 is 0.873 bits per heavy atom. The number of rotatable bonds is 3. The van der Waals surface area contributed by atoms with Crippen molar-refractivity contribution in [3.05, 3.63) is 57.6 Å². The van der Waals surface area contributed by atoms with Crippen LogP contribution >= 0.6 is 0 Å². The van der Waals surface area contributed by atoms with Gasteiger partial charge in [-0.15, -0.1) is 0 Å². The van der Waals surface area contributed by atoms with E-state index in [1.807, 2.05) is 0 Å². The minimum Gasteiger partial charge on any atom is -0.795 e. The Morgan fingerprint density at radius 1 is 0.564 bits per heavy atom. The van der Waals surface area contributed by atoms with Gasteiger partial charge in [-0.1, -0.05) is 0 Å². The molecule has 313 valence electrons. The van der Waals surface area contributed by atoms with Crippen LogP contribution in [0, 0.1) is 0 Å². The summed E-state index contributed by atoms with van der Waals surface area (Å²) < 4.78 is 108. The van der Waals surface area contributed by atoms with E-state index in [1.54, 1.807) is 0 Å². The molecule has 2 aromatic rings. The molecule has 2 atom stereocenters. The molecule has 2 aliphatic rings. The van der Waals surface area contributed by atoms with E-state index in [2.05, 4.69) is 127 Å². The van der Waals surface area contributed by atoms with Gasteiger partial charge in [0.25, 0.3) is 0 Å². The Hall–Kier alpha value is -2.78. The molecule has 4 rings (SSSR count). The Morgan fingerprint density at radius 3 is 1.09 bits per heavy atom. The summed E-state index contributed by atoms with van der Waals surface area (Å²) >= 11 is 1.10. The van der Waals surface area contributed by atoms with Gasteiger partial charge < -0.3 is 5.11 Å². The van der Waals surface area contributed by atoms with Crippen LogP contribution in [0.5, 0.6) is 11.5 Å². The van der Waals surface area contributed by atoms with Gasteiger partial charge in [-0.05, 0) is 0 Å². The predicted molar refractivity (Wildman–Crippen MR) is 189 cm³/mol. The number of alkyl halides is 9. The van der Waals surface area contributed by atoms with Crippen LogP contribution in [0.1, 0.15) is 142 Å². The fraction of sp³-hybridized carbons (Fsp3) is 0.650. The number of fused-ring (bicyclic) bond motifs is 1. The molecule has 1 aliphatic heterocycles. The average molecular weight is 841 g/mol. The average Bonchev–Trinajstić information content (AvgIpc) is 3.31. The molecule has 1 saturated heterocycles. The van der Waals surface area contributed by atoms with E-state index in [4.69, 9.17) is 0 Å². The summed E-state index contributed by atoms with van der Waals surface area (Å²) in [4.78, 5) is 0. The molecule has 5 nitrogen and oxygen atoms in total. The quantitative estimate of drug-likeness (QED) is 0.303. The van der Waals surface area contributed by atoms with Crippen LogP contribution in [-0.4, -0.2) is 66.1 Å². The van der Waals surface area contributed by atoms with E-state index in [1.165, 1.54) is 24.0 Å². The summed E-state index contributed by atoms with van der Waals surface area (Å²) in [6.07, 6.45) is -11.8. The Labute approximate surface area is 324 Å². The number of halogens is 9. The van der Waals surface area contributed by atoms with Gasteiger partial charge in [0.05, 0.1) is 0 Å². The third-order valence-corrected chi connectivity index (χ3v) is 11.2. The van der Waals surface area contributed by atoms with E-state index in [-0.39, 0.29) is 21.7 Å². The van der Waals surface area contributed by atoms with Gasteiger partial charge in [-0.2, -0.15) is 26.3 Å². The summed E-state index contributed by atoms with van der Waals surface area (Å²) in [6, 6.07) is 9.47. The van der Waals surface area contributed by atoms with Crippen molar-refractivity contribution < 1.29 is 77.2 Å². The zero-order chi connectivity index (χ0) is 42.7. The van der Waals surface area contributed by atoms with E-state index >= 15 is 0 Å². The van der Waals surface area contributed by atoms with E-state index in [9.17, 15) is 54.8 Å². The van der Waals surface area contributed by atoms with Gasteiger partial charge in [0.2, 0.25) is 6.11 Å². The normalized spacial score (nSPS) is 20.9. The first-order valence-corrected chi connectivity index (χ1v) is 18.9. The van der Waals surface area contributed by atoms with Gasteiger partial charge in [0.15, 0.2) is 0 Å². The molecule has 15 heteroatoms. The second-order valence-electron chi connectivity index (χ2n) is 18.5. The molecule has 1 saturated carbocycles. The summed E-state index contributed by atoms with van der Waals surface area (Å²) in [5, 5.41) is 32.3. The molecule has 1 heterocycles. The minimum absolute atomic E-state index is 0.0216. The van der Waals surface area contributed by atoms with Crippen molar-refractivity contribution in [1.29, 1.82) is 0 Å². The second-order valence-corrected chi connectivity index (χ2v) is 19.8. The molecule has 0 radical (unpaired) electrons. The molecule has 0 unspecified atom stereocenters. The van der Waals surface area contributed by atoms with Crippen molar-refractivity contribution in [2.75, 3.05) is 0 Å². The van der Waals surface area contributed by atoms with Crippen LogP contribution < -0.4 is 5.11 Å². The van der Waals surface area contributed by atoms with Gasteiger partial charge in [0.1, 0.15) is 0 Å². The van der Waals surface area contributed by atoms with Crippen LogP contribution in [0.15, 0.2) is 24.3 Å². The Kier molecular flexibility index (Phi) is 12.9. The SMILES string of the molecule is CC(C)(C)c1cc(C=[N+]2[Co][N+](=Cc3cc(C(C)(C)C)cc(C(C)(C)C)c3O)[C@@H]3CCCC[C@H]32)c(O)c(C(C)(C)C)c1.[O-]C(F)(F)C(F)(C(F)(F)F)C(F)(F)F. The largest absolute Gasteiger partial charge is 0.795 e. The van der Waals surface area contributed by atoms with Gasteiger partial charge >= 0.3 is 275 Å². The molecule has 1 aliphatic carbocycles. The van der Waals surface area contributed by atoms with Gasteiger partial charge in [-0.3, -0.25) is 0 Å². The molecule has 55 heavy (non-hydrogen) atoms. The maximum absolute atomic E-state index is 12.0.